The van der Waals surface area contributed by atoms with Crippen molar-refractivity contribution in [2.45, 2.75) is 11.0 Å². The first-order valence-electron chi connectivity index (χ1n) is 6.15. The summed E-state index contributed by atoms with van der Waals surface area (Å²) in [6.45, 7) is 2.35. The number of benzene rings is 1. The lowest BCUT2D eigenvalue weighted by molar-refractivity contribution is 0.0245. The molecule has 0 saturated carbocycles. The molecule has 2 heterocycles. The topological polar surface area (TPSA) is 71.0 Å². The van der Waals surface area contributed by atoms with E-state index in [1.165, 1.54) is 10.6 Å². The highest BCUT2D eigenvalue weighted by molar-refractivity contribution is 7.89. The van der Waals surface area contributed by atoms with Crippen molar-refractivity contribution in [3.05, 3.63) is 24.3 Å². The summed E-state index contributed by atoms with van der Waals surface area (Å²) in [5.41, 5.74) is 0.487. The van der Waals surface area contributed by atoms with Crippen molar-refractivity contribution >= 4 is 22.0 Å². The van der Waals surface area contributed by atoms with Crippen LogP contribution in [0.2, 0.25) is 0 Å². The van der Waals surface area contributed by atoms with E-state index < -0.39 is 10.0 Å². The molecule has 2 aliphatic heterocycles. The van der Waals surface area contributed by atoms with Gasteiger partial charge in [0.2, 0.25) is 0 Å². The maximum atomic E-state index is 12.4. The summed E-state index contributed by atoms with van der Waals surface area (Å²) in [4.78, 5) is 4.43. The summed E-state index contributed by atoms with van der Waals surface area (Å²) in [6, 6.07) is 6.75. The average molecular weight is 281 g/mol. The van der Waals surface area contributed by atoms with Crippen LogP contribution >= 0.6 is 0 Å². The number of nitrogens with zero attached hydrogens (tertiary/aromatic N) is 2. The lowest BCUT2D eigenvalue weighted by atomic mass is 10.3. The fraction of sp³-hybridized carbons (Fsp3) is 0.417. The van der Waals surface area contributed by atoms with E-state index in [1.807, 2.05) is 0 Å². The molecule has 7 heteroatoms. The third kappa shape index (κ3) is 2.36. The summed E-state index contributed by atoms with van der Waals surface area (Å²) in [5.74, 6) is 0. The van der Waals surface area contributed by atoms with Gasteiger partial charge in [-0.2, -0.15) is 0 Å². The monoisotopic (exact) mass is 281 g/mol. The highest BCUT2D eigenvalue weighted by Crippen LogP contribution is 2.29. The number of rotatable bonds is 2. The Morgan fingerprint density at radius 1 is 1.42 bits per heavy atom. The molecule has 102 valence electrons. The van der Waals surface area contributed by atoms with Crippen molar-refractivity contribution in [2.75, 3.05) is 26.2 Å². The summed E-state index contributed by atoms with van der Waals surface area (Å²) >= 11 is 0. The largest absolute Gasteiger partial charge is 0.374 e. The Hall–Kier alpha value is -1.44. The van der Waals surface area contributed by atoms with E-state index >= 15 is 0 Å². The van der Waals surface area contributed by atoms with Crippen molar-refractivity contribution < 1.29 is 13.2 Å². The Morgan fingerprint density at radius 3 is 3.05 bits per heavy atom. The van der Waals surface area contributed by atoms with Crippen LogP contribution < -0.4 is 5.32 Å². The number of hydrogen-bond acceptors (Lipinski definition) is 5. The Balaban J connectivity index is 1.85. The van der Waals surface area contributed by atoms with Gasteiger partial charge in [-0.25, -0.2) is 13.4 Å². The first-order valence-corrected chi connectivity index (χ1v) is 7.59. The normalized spacial score (nSPS) is 25.1. The molecule has 1 saturated heterocycles. The summed E-state index contributed by atoms with van der Waals surface area (Å²) in [7, 11) is -3.51. The van der Waals surface area contributed by atoms with Crippen LogP contribution in [0.3, 0.4) is 0 Å². The molecule has 0 spiro atoms. The van der Waals surface area contributed by atoms with Crippen LogP contribution in [-0.4, -0.2) is 51.4 Å². The molecular weight excluding hydrogens is 266 g/mol. The highest BCUT2D eigenvalue weighted by atomic mass is 32.2. The number of sulfonamides is 1. The molecule has 0 bridgehead atoms. The fourth-order valence-corrected chi connectivity index (χ4v) is 3.60. The van der Waals surface area contributed by atoms with Crippen LogP contribution in [0.25, 0.3) is 0 Å². The molecule has 0 radical (unpaired) electrons. The van der Waals surface area contributed by atoms with Gasteiger partial charge in [-0.15, -0.1) is 0 Å². The van der Waals surface area contributed by atoms with Gasteiger partial charge in [-0.05, 0) is 12.1 Å². The maximum Gasteiger partial charge on any atom is 0.267 e. The van der Waals surface area contributed by atoms with E-state index in [1.54, 1.807) is 24.3 Å². The molecular formula is C12H15N3O3S. The SMILES string of the molecule is O=S1(=O)c2ccccc2N=CN1CC1CNCCO1. The number of morpholine rings is 1. The Morgan fingerprint density at radius 2 is 2.26 bits per heavy atom. The van der Waals surface area contributed by atoms with Crippen LogP contribution in [0.5, 0.6) is 0 Å². The molecule has 1 aromatic rings. The number of hydrogen-bond donors (Lipinski definition) is 1. The van der Waals surface area contributed by atoms with Crippen molar-refractivity contribution in [3.8, 4) is 0 Å². The molecule has 1 aromatic carbocycles. The van der Waals surface area contributed by atoms with Gasteiger partial charge in [-0.3, -0.25) is 4.31 Å². The molecule has 1 fully saturated rings. The van der Waals surface area contributed by atoms with Gasteiger partial charge in [0.1, 0.15) is 11.2 Å². The molecule has 0 aliphatic carbocycles. The summed E-state index contributed by atoms with van der Waals surface area (Å²) in [6.07, 6.45) is 1.23. The number of para-hydroxylation sites is 1. The summed E-state index contributed by atoms with van der Waals surface area (Å²) in [5, 5.41) is 3.18. The minimum absolute atomic E-state index is 0.139. The van der Waals surface area contributed by atoms with Crippen LogP contribution in [0.15, 0.2) is 34.2 Å². The molecule has 2 aliphatic rings. The lowest BCUT2D eigenvalue weighted by Crippen LogP contribution is -2.47. The number of fused-ring (bicyclic) bond motifs is 1. The number of ether oxygens (including phenoxy) is 1. The van der Waals surface area contributed by atoms with Crippen molar-refractivity contribution in [3.63, 3.8) is 0 Å². The molecule has 6 nitrogen and oxygen atoms in total. The highest BCUT2D eigenvalue weighted by Gasteiger charge is 2.30. The van der Waals surface area contributed by atoms with Crippen LogP contribution in [-0.2, 0) is 14.8 Å². The molecule has 3 rings (SSSR count). The zero-order valence-electron chi connectivity index (χ0n) is 10.3. The minimum atomic E-state index is -3.51. The quantitative estimate of drug-likeness (QED) is 0.848. The molecule has 1 N–H and O–H groups in total. The van der Waals surface area contributed by atoms with Gasteiger partial charge >= 0.3 is 0 Å². The predicted octanol–water partition coefficient (Wildman–Crippen LogP) is 0.339. The maximum absolute atomic E-state index is 12.4. The lowest BCUT2D eigenvalue weighted by Gasteiger charge is -2.30. The molecule has 1 atom stereocenters. The van der Waals surface area contributed by atoms with Gasteiger partial charge in [0.25, 0.3) is 10.0 Å². The first-order chi connectivity index (χ1) is 9.18. The van der Waals surface area contributed by atoms with Gasteiger partial charge < -0.3 is 10.1 Å². The van der Waals surface area contributed by atoms with Gasteiger partial charge in [0.15, 0.2) is 0 Å². The molecule has 0 aromatic heterocycles. The number of aliphatic imine (C=N–C) groups is 1. The summed E-state index contributed by atoms with van der Waals surface area (Å²) < 4.78 is 31.7. The van der Waals surface area contributed by atoms with Crippen LogP contribution in [0.4, 0.5) is 5.69 Å². The second kappa shape index (κ2) is 4.92. The van der Waals surface area contributed by atoms with Crippen molar-refractivity contribution in [1.82, 2.24) is 9.62 Å². The predicted molar refractivity (Wildman–Crippen MR) is 71.1 cm³/mol. The van der Waals surface area contributed by atoms with E-state index in [0.29, 0.717) is 18.8 Å². The standard InChI is InChI=1S/C12H15N3O3S/c16-19(17)12-4-2-1-3-11(12)14-9-15(19)8-10-7-13-5-6-18-10/h1-4,9-10,13H,5-8H2. The zero-order valence-corrected chi connectivity index (χ0v) is 11.1. The van der Waals surface area contributed by atoms with E-state index in [2.05, 4.69) is 10.3 Å². The molecule has 0 amide bonds. The zero-order chi connectivity index (χ0) is 13.3. The first kappa shape index (κ1) is 12.6. The van der Waals surface area contributed by atoms with E-state index in [-0.39, 0.29) is 17.5 Å². The Kier molecular flexibility index (Phi) is 3.26. The Bertz CT molecular complexity index is 594. The van der Waals surface area contributed by atoms with Crippen molar-refractivity contribution in [2.24, 2.45) is 4.99 Å². The fourth-order valence-electron chi connectivity index (χ4n) is 2.18. The average Bonchev–Trinajstić information content (AvgIpc) is 2.44. The Labute approximate surface area is 112 Å². The van der Waals surface area contributed by atoms with Crippen LogP contribution in [0.1, 0.15) is 0 Å². The van der Waals surface area contributed by atoms with Gasteiger partial charge in [-0.1, -0.05) is 12.1 Å². The molecule has 19 heavy (non-hydrogen) atoms. The second-order valence-corrected chi connectivity index (χ2v) is 6.34. The smallest absolute Gasteiger partial charge is 0.267 e. The van der Waals surface area contributed by atoms with Gasteiger partial charge in [0, 0.05) is 13.1 Å². The van der Waals surface area contributed by atoms with E-state index in [9.17, 15) is 8.42 Å². The van der Waals surface area contributed by atoms with E-state index in [4.69, 9.17) is 4.74 Å². The minimum Gasteiger partial charge on any atom is -0.374 e. The van der Waals surface area contributed by atoms with Gasteiger partial charge in [0.05, 0.1) is 24.9 Å². The van der Waals surface area contributed by atoms with Crippen molar-refractivity contribution in [1.29, 1.82) is 0 Å². The third-order valence-corrected chi connectivity index (χ3v) is 4.93. The number of nitrogens with one attached hydrogen (secondary N) is 1. The third-order valence-electron chi connectivity index (χ3n) is 3.17. The van der Waals surface area contributed by atoms with Crippen LogP contribution in [0, 0.1) is 0 Å². The molecule has 1 unspecified atom stereocenters. The van der Waals surface area contributed by atoms with E-state index in [0.717, 1.165) is 6.54 Å². The second-order valence-electron chi connectivity index (χ2n) is 4.48.